The van der Waals surface area contributed by atoms with Gasteiger partial charge in [-0.15, -0.1) is 0 Å². The molecule has 11 unspecified atom stereocenters. The maximum atomic E-state index is 11.8. The summed E-state index contributed by atoms with van der Waals surface area (Å²) in [5.41, 5.74) is -0.153. The van der Waals surface area contributed by atoms with Gasteiger partial charge in [-0.25, -0.2) is 0 Å². The minimum atomic E-state index is -5.60. The number of hydrogen-bond acceptors (Lipinski definition) is 20. The van der Waals surface area contributed by atoms with Crippen LogP contribution in [0.15, 0.2) is 291 Å². The van der Waals surface area contributed by atoms with Gasteiger partial charge in [0.15, 0.2) is 0 Å². The van der Waals surface area contributed by atoms with E-state index in [1.807, 2.05) is 256 Å². The van der Waals surface area contributed by atoms with Crippen LogP contribution in [-0.4, -0.2) is 115 Å². The maximum absolute atomic E-state index is 11.8. The third-order valence-electron chi connectivity index (χ3n) is 18.3. The van der Waals surface area contributed by atoms with E-state index >= 15 is 0 Å². The summed E-state index contributed by atoms with van der Waals surface area (Å²) in [6, 6.07) is 88.8. The fourth-order valence-electron chi connectivity index (χ4n) is 13.8. The molecule has 8 aliphatic rings. The van der Waals surface area contributed by atoms with Crippen LogP contribution < -0.4 is 51.0 Å². The van der Waals surface area contributed by atoms with Gasteiger partial charge in [-0.2, -0.15) is 0 Å². The quantitative estimate of drug-likeness (QED) is 0.0307. The molecule has 8 heterocycles. The van der Waals surface area contributed by atoms with E-state index in [9.17, 15) is 20.2 Å². The summed E-state index contributed by atoms with van der Waals surface area (Å²) < 4.78 is 135. The predicted octanol–water partition coefficient (Wildman–Crippen LogP) is 7.75. The van der Waals surface area contributed by atoms with Crippen LogP contribution in [0, 0.1) is 20.2 Å². The average Bonchev–Trinajstić information content (AvgIpc) is 1.59. The minimum absolute atomic E-state index is 0.0764. The van der Waals surface area contributed by atoms with Gasteiger partial charge in [-0.1, -0.05) is 243 Å². The van der Waals surface area contributed by atoms with Crippen molar-refractivity contribution in [3.05, 3.63) is 311 Å². The largest absolute Gasteiger partial charge is 0.524 e. The van der Waals surface area contributed by atoms with Crippen molar-refractivity contribution >= 4 is 140 Å². The fraction of sp³-hybridized carbons (Fsp3) is 0.130. The van der Waals surface area contributed by atoms with E-state index in [0.717, 1.165) is 0 Å². The molecule has 8 fully saturated rings. The number of non-ortho nitro benzene ring substituents is 2. The van der Waals surface area contributed by atoms with E-state index in [1.165, 1.54) is 24.3 Å². The predicted molar refractivity (Wildman–Crippen MR) is 392 cm³/mol. The Hall–Kier alpha value is -7.79. The first kappa shape index (κ1) is 67.7. The van der Waals surface area contributed by atoms with Crippen molar-refractivity contribution in [1.82, 2.24) is 0 Å². The second kappa shape index (κ2) is 26.5. The first-order valence-electron chi connectivity index (χ1n) is 33.0. The lowest BCUT2D eigenvalue weighted by Gasteiger charge is -2.64. The van der Waals surface area contributed by atoms with Crippen molar-refractivity contribution in [2.45, 2.75) is 43.1 Å². The summed E-state index contributed by atoms with van der Waals surface area (Å²) in [4.78, 5) is 22.7. The van der Waals surface area contributed by atoms with Crippen molar-refractivity contribution in [2.75, 3.05) is 13.2 Å². The first-order valence-corrected chi connectivity index (χ1v) is 52.0. The summed E-state index contributed by atoms with van der Waals surface area (Å²) >= 11 is 0. The molecule has 512 valence electrons. The number of fused-ring (bicyclic) bond motifs is 4. The van der Waals surface area contributed by atoms with Crippen LogP contribution in [0.1, 0.15) is 12.8 Å². The second-order valence-corrected chi connectivity index (χ2v) is 56.5. The molecule has 8 saturated heterocycles. The SMILES string of the molecule is C[Si]1(CCCOc2ccc([N+](=O)[O-])cc2)O[Si]2(c3ccccc3)OC34O[Si](c5ccccc5)(O2)O[Si]2(c5ccccc5)O[Si](C)(CCCOc5ccc([N+](=O)[O-])cc5)O[Si]5(c6ccccc6)O[Si](c6ccccc6)(O[Si](c6ccccc6)(O1)O[Si]3(c1ccccc1)O5)O[Si]4(c1ccccc1)O2. The monoisotopic (exact) mass is 1520 g/mol. The van der Waals surface area contributed by atoms with E-state index < -0.39 is 102 Å². The van der Waals surface area contributed by atoms with Crippen molar-refractivity contribution in [3.8, 4) is 11.5 Å². The summed E-state index contributed by atoms with van der Waals surface area (Å²) in [5, 5.41) is 24.8. The number of rotatable bonds is 20. The molecule has 0 saturated carbocycles. The highest BCUT2D eigenvalue weighted by atomic mass is 28.6. The van der Waals surface area contributed by atoms with Crippen molar-refractivity contribution < 1.29 is 77.6 Å². The van der Waals surface area contributed by atoms with Crippen molar-refractivity contribution in [1.29, 1.82) is 0 Å². The van der Waals surface area contributed by atoms with Crippen LogP contribution in [0.2, 0.25) is 25.2 Å². The lowest BCUT2D eigenvalue weighted by molar-refractivity contribution is -0.385. The molecule has 32 heteroatoms. The smallest absolute Gasteiger partial charge is 0.494 e. The molecule has 0 aromatic heterocycles. The van der Waals surface area contributed by atoms with Gasteiger partial charge in [0, 0.05) is 55.4 Å². The van der Waals surface area contributed by atoms with E-state index in [2.05, 4.69) is 0 Å². The fourth-order valence-corrected chi connectivity index (χ4v) is 74.8. The third kappa shape index (κ3) is 12.0. The van der Waals surface area contributed by atoms with E-state index in [4.69, 9.17) is 67.7 Å². The van der Waals surface area contributed by atoms with Crippen LogP contribution in [0.4, 0.5) is 11.4 Å². The zero-order chi connectivity index (χ0) is 69.1. The molecule has 11 atom stereocenters. The highest BCUT2D eigenvalue weighted by Gasteiger charge is 2.95. The Morgan fingerprint density at radius 1 is 0.297 bits per heavy atom. The number of nitro groups is 2. The van der Waals surface area contributed by atoms with Gasteiger partial charge in [-0.05, 0) is 72.7 Å². The van der Waals surface area contributed by atoms with Crippen LogP contribution in [0.25, 0.3) is 0 Å². The Balaban J connectivity index is 1.07. The van der Waals surface area contributed by atoms with E-state index in [-0.39, 0.29) is 49.5 Å². The molecule has 0 N–H and O–H groups in total. The van der Waals surface area contributed by atoms with Crippen LogP contribution in [-0.2, 0) is 58.2 Å². The van der Waals surface area contributed by atoms with Crippen LogP contribution in [0.5, 0.6) is 11.5 Å². The van der Waals surface area contributed by atoms with E-state index in [0.29, 0.717) is 53.0 Å². The molecule has 18 rings (SSSR count). The zero-order valence-corrected chi connectivity index (χ0v) is 64.5. The molecule has 0 radical (unpaired) electrons. The molecule has 0 aliphatic carbocycles. The number of nitrogens with zero attached hydrogens (tertiary/aromatic N) is 2. The van der Waals surface area contributed by atoms with E-state index in [1.54, 1.807) is 24.3 Å². The van der Waals surface area contributed by atoms with Gasteiger partial charge in [0.25, 0.3) is 11.4 Å². The zero-order valence-electron chi connectivity index (χ0n) is 54.5. The average molecular weight is 1520 g/mol. The first-order chi connectivity index (χ1) is 49.0. The molecule has 10 aromatic carbocycles. The lowest BCUT2D eigenvalue weighted by atomic mass is 10.3. The molecular formula is C69H66N2O20Si10. The summed E-state index contributed by atoms with van der Waals surface area (Å²) in [6.45, 7) is 4.13. The lowest BCUT2D eigenvalue weighted by Crippen LogP contribution is -3.00. The molecule has 22 nitrogen and oxygen atoms in total. The van der Waals surface area contributed by atoms with Crippen LogP contribution in [0.3, 0.4) is 0 Å². The Labute approximate surface area is 592 Å². The standard InChI is InChI=1S/C69H66N2O20Si10/c1-92(55-27-53-76-59-49-45-57(46-50-59)70(72)73)80-96(63-33-15-5-16-34-63)78-69-79-97(88-96,64-35-17-6-18-36-64)89-98(65-37-19-7-20-38-65)82-93(2,56-28-54-77-60-51-47-58(48-52-60)71(74)75)83-100(67-41-23-9-24-42-67)86-94(69,61-29-11-3-12-30-61)85-99(81-92,66-39-21-8-22-40-66)90-101(91-100,68-43-25-10-26-44-68)87-95(69,84-98)62-31-13-4-14-32-62/h3-26,29-52H,27-28,53-56H2,1-2H3. The summed E-state index contributed by atoms with van der Waals surface area (Å²) in [6.07, 6.45) is 0.568. The number of nitro benzene ring substituents is 2. The summed E-state index contributed by atoms with van der Waals surface area (Å²) in [5.74, 6) is 0.833. The number of benzene rings is 10. The third-order valence-corrected chi connectivity index (χ3v) is 64.0. The second-order valence-electron chi connectivity index (χ2n) is 25.2. The highest BCUT2D eigenvalue weighted by molar-refractivity contribution is 7.18. The van der Waals surface area contributed by atoms with Gasteiger partial charge in [0.05, 0.1) is 23.1 Å². The topological polar surface area (TPSA) is 234 Å². The number of hydrogen-bond donors (Lipinski definition) is 0. The van der Waals surface area contributed by atoms with Crippen molar-refractivity contribution in [3.63, 3.8) is 0 Å². The maximum Gasteiger partial charge on any atom is 0.524 e. The normalized spacial score (nSPS) is 31.5. The van der Waals surface area contributed by atoms with Gasteiger partial charge in [0.2, 0.25) is 5.03 Å². The Morgan fingerprint density at radius 3 is 0.812 bits per heavy atom. The Bertz CT molecular complexity index is 4640. The summed E-state index contributed by atoms with van der Waals surface area (Å²) in [7, 11) is -51.1. The van der Waals surface area contributed by atoms with Gasteiger partial charge in [-0.3, -0.25) is 20.2 Å². The van der Waals surface area contributed by atoms with Gasteiger partial charge in [0.1, 0.15) is 11.5 Å². The molecule has 9 bridgehead atoms. The highest BCUT2D eigenvalue weighted by Crippen LogP contribution is 2.58. The molecular weight excluding hydrogens is 1460 g/mol. The Morgan fingerprint density at radius 2 is 0.525 bits per heavy atom. The minimum Gasteiger partial charge on any atom is -0.494 e. The molecule has 101 heavy (non-hydrogen) atoms. The van der Waals surface area contributed by atoms with Gasteiger partial charge < -0.3 is 67.7 Å². The molecule has 10 aromatic rings. The molecule has 1 spiro atoms. The van der Waals surface area contributed by atoms with Crippen LogP contribution >= 0.6 is 0 Å². The van der Waals surface area contributed by atoms with Gasteiger partial charge >= 0.3 is 87.1 Å². The molecule has 8 aliphatic heterocycles. The number of ether oxygens (including phenoxy) is 2. The molecule has 0 amide bonds. The van der Waals surface area contributed by atoms with Crippen molar-refractivity contribution in [2.24, 2.45) is 0 Å². The Kier molecular flexibility index (Phi) is 17.7.